The first-order valence-electron chi connectivity index (χ1n) is 10.4. The monoisotopic (exact) mass is 444 g/mol. The first kappa shape index (κ1) is 23.1. The molecule has 0 saturated carbocycles. The molecule has 0 fully saturated rings. The van der Waals surface area contributed by atoms with Crippen LogP contribution in [0, 0.1) is 11.6 Å². The van der Waals surface area contributed by atoms with Crippen molar-refractivity contribution in [1.82, 2.24) is 0 Å². The van der Waals surface area contributed by atoms with Crippen molar-refractivity contribution < 1.29 is 18.3 Å². The van der Waals surface area contributed by atoms with E-state index in [4.69, 9.17) is 21.1 Å². The Bertz CT molecular complexity index is 1020. The molecule has 0 aliphatic carbocycles. The van der Waals surface area contributed by atoms with Crippen LogP contribution in [0.3, 0.4) is 0 Å². The molecule has 0 aliphatic rings. The zero-order valence-electron chi connectivity index (χ0n) is 18.1. The first-order valence-corrected chi connectivity index (χ1v) is 10.8. The molecule has 164 valence electrons. The maximum atomic E-state index is 14.2. The van der Waals surface area contributed by atoms with Gasteiger partial charge in [0.15, 0.2) is 11.6 Å². The Kier molecular flexibility index (Phi) is 7.55. The summed E-state index contributed by atoms with van der Waals surface area (Å²) in [5.74, 6) is 0.423. The summed E-state index contributed by atoms with van der Waals surface area (Å²) in [5, 5.41) is 0.619. The fraction of sp³-hybridized carbons (Fsp3) is 0.308. The normalized spacial score (nSPS) is 11.4. The fourth-order valence-corrected chi connectivity index (χ4v) is 3.72. The molecule has 0 aliphatic heterocycles. The van der Waals surface area contributed by atoms with Crippen molar-refractivity contribution in [2.45, 2.75) is 45.4 Å². The maximum absolute atomic E-state index is 14.2. The molecule has 31 heavy (non-hydrogen) atoms. The molecule has 0 bridgehead atoms. The summed E-state index contributed by atoms with van der Waals surface area (Å²) in [7, 11) is 0. The number of hydrogen-bond acceptors (Lipinski definition) is 2. The van der Waals surface area contributed by atoms with E-state index in [1.165, 1.54) is 30.3 Å². The van der Waals surface area contributed by atoms with Crippen molar-refractivity contribution in [2.24, 2.45) is 0 Å². The molecule has 0 spiro atoms. The van der Waals surface area contributed by atoms with Crippen molar-refractivity contribution in [3.05, 3.63) is 88.4 Å². The average molecular weight is 445 g/mol. The Morgan fingerprint density at radius 3 is 2.32 bits per heavy atom. The number of halogens is 3. The average Bonchev–Trinajstić information content (AvgIpc) is 2.73. The van der Waals surface area contributed by atoms with E-state index in [0.29, 0.717) is 23.1 Å². The van der Waals surface area contributed by atoms with E-state index in [9.17, 15) is 8.78 Å². The molecule has 0 unspecified atom stereocenters. The number of ether oxygens (including phenoxy) is 2. The molecule has 0 heterocycles. The highest BCUT2D eigenvalue weighted by Crippen LogP contribution is 2.35. The minimum atomic E-state index is -0.447. The van der Waals surface area contributed by atoms with Crippen LogP contribution in [0.4, 0.5) is 8.78 Å². The van der Waals surface area contributed by atoms with Gasteiger partial charge < -0.3 is 9.47 Å². The molecule has 0 aromatic heterocycles. The Morgan fingerprint density at radius 2 is 1.65 bits per heavy atom. The van der Waals surface area contributed by atoms with Crippen molar-refractivity contribution >= 4 is 11.6 Å². The highest BCUT2D eigenvalue weighted by Gasteiger charge is 2.21. The molecule has 0 saturated heterocycles. The van der Waals surface area contributed by atoms with Gasteiger partial charge in [-0.25, -0.2) is 8.78 Å². The molecule has 0 atom stereocenters. The number of rotatable bonds is 9. The van der Waals surface area contributed by atoms with E-state index < -0.39 is 5.82 Å². The minimum absolute atomic E-state index is 0.0676. The Balaban J connectivity index is 1.63. The van der Waals surface area contributed by atoms with Gasteiger partial charge in [0.05, 0.1) is 11.6 Å². The lowest BCUT2D eigenvalue weighted by Crippen LogP contribution is -2.17. The predicted molar refractivity (Wildman–Crippen MR) is 121 cm³/mol. The molecule has 0 N–H and O–H groups in total. The van der Waals surface area contributed by atoms with Gasteiger partial charge in [-0.3, -0.25) is 0 Å². The van der Waals surface area contributed by atoms with E-state index in [0.717, 1.165) is 30.4 Å². The molecule has 0 radical (unpaired) electrons. The van der Waals surface area contributed by atoms with Gasteiger partial charge in [0.1, 0.15) is 17.3 Å². The van der Waals surface area contributed by atoms with Gasteiger partial charge in [-0.2, -0.15) is 0 Å². The molecule has 3 rings (SSSR count). The molecule has 5 heteroatoms. The molecule has 3 aromatic carbocycles. The number of aryl methyl sites for hydroxylation is 1. The summed E-state index contributed by atoms with van der Waals surface area (Å²) in [5.41, 5.74) is 2.07. The summed E-state index contributed by atoms with van der Waals surface area (Å²) in [4.78, 5) is 0. The molecule has 0 amide bonds. The number of hydrogen-bond donors (Lipinski definition) is 0. The van der Waals surface area contributed by atoms with E-state index in [2.05, 4.69) is 19.9 Å². The molecular formula is C26H27ClF2O2. The maximum Gasteiger partial charge on any atom is 0.165 e. The first-order chi connectivity index (χ1) is 14.8. The van der Waals surface area contributed by atoms with E-state index in [-0.39, 0.29) is 17.0 Å². The topological polar surface area (TPSA) is 18.5 Å². The van der Waals surface area contributed by atoms with Gasteiger partial charge in [0.2, 0.25) is 0 Å². The summed E-state index contributed by atoms with van der Waals surface area (Å²) < 4.78 is 38.3. The van der Waals surface area contributed by atoms with Crippen LogP contribution in [0.25, 0.3) is 0 Å². The zero-order valence-corrected chi connectivity index (χ0v) is 18.8. The Hall–Kier alpha value is -2.59. The SMILES string of the molecule is CCOc1ccc(C(C)(C)CCCc2ccc(F)c(Oc3ccc(F)cc3)c2)cc1Cl. The second-order valence-corrected chi connectivity index (χ2v) is 8.54. The van der Waals surface area contributed by atoms with E-state index in [1.54, 1.807) is 12.1 Å². The van der Waals surface area contributed by atoms with Crippen LogP contribution in [0.2, 0.25) is 5.02 Å². The van der Waals surface area contributed by atoms with Crippen LogP contribution >= 0.6 is 11.6 Å². The third-order valence-electron chi connectivity index (χ3n) is 5.32. The Labute approximate surface area is 187 Å². The van der Waals surface area contributed by atoms with Crippen LogP contribution < -0.4 is 9.47 Å². The van der Waals surface area contributed by atoms with Gasteiger partial charge in [0, 0.05) is 0 Å². The van der Waals surface area contributed by atoms with Crippen molar-refractivity contribution in [3.8, 4) is 17.2 Å². The lowest BCUT2D eigenvalue weighted by Gasteiger charge is -2.26. The summed E-state index contributed by atoms with van der Waals surface area (Å²) in [6, 6.07) is 16.4. The third kappa shape index (κ3) is 6.20. The van der Waals surface area contributed by atoms with Crippen LogP contribution in [-0.4, -0.2) is 6.61 Å². The summed E-state index contributed by atoms with van der Waals surface area (Å²) in [6.07, 6.45) is 2.64. The van der Waals surface area contributed by atoms with E-state index >= 15 is 0 Å². The largest absolute Gasteiger partial charge is 0.492 e. The predicted octanol–water partition coefficient (Wildman–Crippen LogP) is 8.11. The number of benzene rings is 3. The van der Waals surface area contributed by atoms with Gasteiger partial charge in [-0.05, 0) is 91.3 Å². The lowest BCUT2D eigenvalue weighted by atomic mass is 9.80. The van der Waals surface area contributed by atoms with Gasteiger partial charge in [0.25, 0.3) is 0 Å². The smallest absolute Gasteiger partial charge is 0.165 e. The van der Waals surface area contributed by atoms with Crippen molar-refractivity contribution in [3.63, 3.8) is 0 Å². The molecule has 2 nitrogen and oxygen atoms in total. The quantitative estimate of drug-likeness (QED) is 0.332. The summed E-state index contributed by atoms with van der Waals surface area (Å²) >= 11 is 6.36. The van der Waals surface area contributed by atoms with Gasteiger partial charge >= 0.3 is 0 Å². The zero-order chi connectivity index (χ0) is 22.4. The second-order valence-electron chi connectivity index (χ2n) is 8.14. The van der Waals surface area contributed by atoms with Gasteiger partial charge in [-0.15, -0.1) is 0 Å². The van der Waals surface area contributed by atoms with Crippen LogP contribution in [0.5, 0.6) is 17.2 Å². The highest BCUT2D eigenvalue weighted by molar-refractivity contribution is 6.32. The van der Waals surface area contributed by atoms with Gasteiger partial charge in [-0.1, -0.05) is 37.6 Å². The molecular weight excluding hydrogens is 418 g/mol. The Morgan fingerprint density at radius 1 is 0.903 bits per heavy atom. The standard InChI is InChI=1S/C26H27ClF2O2/c1-4-30-24-14-8-19(17-22(24)27)26(2,3)15-5-6-18-7-13-23(29)25(16-18)31-21-11-9-20(28)10-12-21/h7-14,16-17H,4-6,15H2,1-3H3. The fourth-order valence-electron chi connectivity index (χ4n) is 3.48. The minimum Gasteiger partial charge on any atom is -0.492 e. The highest BCUT2D eigenvalue weighted by atomic mass is 35.5. The third-order valence-corrected chi connectivity index (χ3v) is 5.61. The lowest BCUT2D eigenvalue weighted by molar-refractivity contribution is 0.340. The van der Waals surface area contributed by atoms with Crippen LogP contribution in [0.15, 0.2) is 60.7 Å². The van der Waals surface area contributed by atoms with Crippen LogP contribution in [0.1, 0.15) is 44.7 Å². The second kappa shape index (κ2) is 10.1. The van der Waals surface area contributed by atoms with E-state index in [1.807, 2.05) is 19.1 Å². The summed E-state index contributed by atoms with van der Waals surface area (Å²) in [6.45, 7) is 6.88. The van der Waals surface area contributed by atoms with Crippen molar-refractivity contribution in [2.75, 3.05) is 6.61 Å². The van der Waals surface area contributed by atoms with Crippen LogP contribution in [-0.2, 0) is 11.8 Å². The van der Waals surface area contributed by atoms with Crippen molar-refractivity contribution in [1.29, 1.82) is 0 Å². The molecule has 3 aromatic rings.